The smallest absolute Gasteiger partial charge is 0.303 e. The van der Waals surface area contributed by atoms with Crippen molar-refractivity contribution in [2.24, 2.45) is 0 Å². The van der Waals surface area contributed by atoms with Crippen molar-refractivity contribution in [1.82, 2.24) is 0 Å². The molecule has 0 bridgehead atoms. The van der Waals surface area contributed by atoms with Crippen LogP contribution in [-0.2, 0) is 9.09 Å². The summed E-state index contributed by atoms with van der Waals surface area (Å²) < 4.78 is 14.5. The quantitative estimate of drug-likeness (QED) is 0.138. The van der Waals surface area contributed by atoms with Crippen LogP contribution in [0.5, 0.6) is 0 Å². The third-order valence-corrected chi connectivity index (χ3v) is 11.3. The Morgan fingerprint density at radius 2 is 0.900 bits per heavy atom. The van der Waals surface area contributed by atoms with Gasteiger partial charge in [-0.3, -0.25) is 4.52 Å². The average Bonchev–Trinajstić information content (AvgIpc) is 2.72. The lowest BCUT2D eigenvalue weighted by atomic mass is 10.1. The summed E-state index contributed by atoms with van der Waals surface area (Å²) >= 11 is 0. The second-order valence-corrected chi connectivity index (χ2v) is 14.5. The lowest BCUT2D eigenvalue weighted by Gasteiger charge is -2.28. The first kappa shape index (κ1) is 32.7. The number of hydrogen-bond acceptors (Lipinski definition) is 2. The molecule has 0 amide bonds. The Labute approximate surface area is 189 Å². The molecule has 0 aromatic heterocycles. The van der Waals surface area contributed by atoms with Gasteiger partial charge in [-0.15, -0.1) is 0 Å². The van der Waals surface area contributed by atoms with Crippen molar-refractivity contribution in [1.29, 1.82) is 0 Å². The van der Waals surface area contributed by atoms with Crippen molar-refractivity contribution >= 4 is 15.1 Å². The summed E-state index contributed by atoms with van der Waals surface area (Å²) in [6.45, 7) is 11.7. The van der Waals surface area contributed by atoms with Crippen LogP contribution in [0.15, 0.2) is 0 Å². The summed E-state index contributed by atoms with van der Waals surface area (Å²) in [5.74, 6) is 0. The molecule has 0 aliphatic carbocycles. The highest BCUT2D eigenvalue weighted by atomic mass is 31.2. The Kier molecular flexibility index (Phi) is 24.8. The van der Waals surface area contributed by atoms with Crippen LogP contribution in [0.1, 0.15) is 125 Å². The zero-order valence-electron chi connectivity index (χ0n) is 21.0. The Morgan fingerprint density at radius 3 is 1.23 bits per heavy atom. The van der Waals surface area contributed by atoms with Crippen LogP contribution in [0, 0.1) is 0 Å². The molecule has 0 aliphatic rings. The number of hydrogen-bond donors (Lipinski definition) is 2. The van der Waals surface area contributed by atoms with Gasteiger partial charge in [-0.25, -0.2) is 4.57 Å². The van der Waals surface area contributed by atoms with Crippen LogP contribution < -0.4 is 0 Å². The maximum atomic E-state index is 10.2. The van der Waals surface area contributed by atoms with E-state index in [1.807, 2.05) is 0 Å². The SMILES string of the molecule is CCCCCCCCOP(=O)(O)O.CCCC[P+](CCCC)(CCCC)CCCC. The van der Waals surface area contributed by atoms with Gasteiger partial charge in [0, 0.05) is 7.26 Å². The minimum Gasteiger partial charge on any atom is -0.303 e. The van der Waals surface area contributed by atoms with Gasteiger partial charge in [0.2, 0.25) is 0 Å². The first-order chi connectivity index (χ1) is 14.3. The first-order valence-corrected chi connectivity index (χ1v) is 16.9. The topological polar surface area (TPSA) is 66.8 Å². The van der Waals surface area contributed by atoms with E-state index in [0.29, 0.717) is 0 Å². The summed E-state index contributed by atoms with van der Waals surface area (Å²) in [5, 5.41) is 0. The van der Waals surface area contributed by atoms with E-state index in [-0.39, 0.29) is 6.61 Å². The fourth-order valence-electron chi connectivity index (χ4n) is 3.71. The lowest BCUT2D eigenvalue weighted by Crippen LogP contribution is -2.12. The van der Waals surface area contributed by atoms with Gasteiger partial charge in [-0.2, -0.15) is 0 Å². The molecule has 0 rings (SSSR count). The number of phosphoric ester groups is 1. The number of unbranched alkanes of at least 4 members (excludes halogenated alkanes) is 9. The van der Waals surface area contributed by atoms with Gasteiger partial charge in [0.1, 0.15) is 0 Å². The summed E-state index contributed by atoms with van der Waals surface area (Å²) in [7, 11) is -4.79. The zero-order chi connectivity index (χ0) is 23.1. The second kappa shape index (κ2) is 22.7. The van der Waals surface area contributed by atoms with Crippen LogP contribution in [0.25, 0.3) is 0 Å². The number of phosphoric acid groups is 1. The van der Waals surface area contributed by atoms with E-state index in [2.05, 4.69) is 39.1 Å². The van der Waals surface area contributed by atoms with Gasteiger partial charge in [-0.1, -0.05) is 92.4 Å². The molecule has 0 radical (unpaired) electrons. The van der Waals surface area contributed by atoms with Crippen LogP contribution in [0.3, 0.4) is 0 Å². The molecule has 0 saturated heterocycles. The Hall–Kier alpha value is 0.540. The highest BCUT2D eigenvalue weighted by Crippen LogP contribution is 2.61. The molecule has 0 atom stereocenters. The van der Waals surface area contributed by atoms with Crippen molar-refractivity contribution in [2.75, 3.05) is 31.3 Å². The van der Waals surface area contributed by atoms with E-state index in [1.165, 1.54) is 70.6 Å². The van der Waals surface area contributed by atoms with E-state index in [9.17, 15) is 4.57 Å². The molecule has 6 heteroatoms. The van der Waals surface area contributed by atoms with Crippen molar-refractivity contribution in [3.8, 4) is 0 Å². The fourth-order valence-corrected chi connectivity index (χ4v) is 9.37. The van der Waals surface area contributed by atoms with Crippen LogP contribution in [0.2, 0.25) is 0 Å². The third-order valence-electron chi connectivity index (χ3n) is 5.70. The molecular formula is C24H55O4P2+. The normalized spacial score (nSPS) is 12.0. The molecule has 2 N–H and O–H groups in total. The van der Waals surface area contributed by atoms with Crippen molar-refractivity contribution in [3.05, 3.63) is 0 Å². The average molecular weight is 470 g/mol. The van der Waals surface area contributed by atoms with E-state index in [4.69, 9.17) is 9.79 Å². The van der Waals surface area contributed by atoms with Crippen molar-refractivity contribution in [2.45, 2.75) is 125 Å². The Bertz CT molecular complexity index is 348. The number of rotatable bonds is 20. The van der Waals surface area contributed by atoms with Crippen molar-refractivity contribution < 1.29 is 18.9 Å². The van der Waals surface area contributed by atoms with E-state index in [0.717, 1.165) is 19.3 Å². The lowest BCUT2D eigenvalue weighted by molar-refractivity contribution is 0.193. The van der Waals surface area contributed by atoms with Crippen molar-refractivity contribution in [3.63, 3.8) is 0 Å². The molecule has 30 heavy (non-hydrogen) atoms. The molecule has 184 valence electrons. The maximum Gasteiger partial charge on any atom is 0.469 e. The first-order valence-electron chi connectivity index (χ1n) is 12.9. The fraction of sp³-hybridized carbons (Fsp3) is 1.00. The van der Waals surface area contributed by atoms with Gasteiger partial charge >= 0.3 is 7.82 Å². The van der Waals surface area contributed by atoms with Crippen LogP contribution in [-0.4, -0.2) is 41.0 Å². The van der Waals surface area contributed by atoms with Gasteiger partial charge in [0.05, 0.1) is 31.3 Å². The minimum atomic E-state index is -4.23. The van der Waals surface area contributed by atoms with Gasteiger partial charge in [-0.05, 0) is 32.1 Å². The third kappa shape index (κ3) is 23.2. The second-order valence-electron chi connectivity index (χ2n) is 8.74. The standard InChI is InChI=1S/C16H36P.C8H19O4P/c1-5-9-13-17(14-10-6-2,15-11-7-3)16-12-8-4;1-2-3-4-5-6-7-8-12-13(9,10)11/h5-16H2,1-4H3;2-8H2,1H3,(H2,9,10,11)/q+1;. The molecule has 0 saturated carbocycles. The largest absolute Gasteiger partial charge is 0.469 e. The highest BCUT2D eigenvalue weighted by molar-refractivity contribution is 7.75. The predicted octanol–water partition coefficient (Wildman–Crippen LogP) is 8.66. The van der Waals surface area contributed by atoms with E-state index < -0.39 is 15.1 Å². The van der Waals surface area contributed by atoms with Gasteiger partial charge < -0.3 is 9.79 Å². The minimum absolute atomic E-state index is 0.163. The summed E-state index contributed by atoms with van der Waals surface area (Å²) in [5.41, 5.74) is 0. The predicted molar refractivity (Wildman–Crippen MR) is 137 cm³/mol. The molecule has 0 aliphatic heterocycles. The maximum absolute atomic E-state index is 10.2. The molecule has 0 fully saturated rings. The summed E-state index contributed by atoms with van der Waals surface area (Å²) in [4.78, 5) is 16.7. The molecular weight excluding hydrogens is 414 g/mol. The molecule has 0 unspecified atom stereocenters. The Morgan fingerprint density at radius 1 is 0.567 bits per heavy atom. The summed E-state index contributed by atoms with van der Waals surface area (Å²) in [6, 6.07) is 0. The van der Waals surface area contributed by atoms with Crippen LogP contribution in [0.4, 0.5) is 0 Å². The molecule has 0 spiro atoms. The summed E-state index contributed by atoms with van der Waals surface area (Å²) in [6.07, 6.45) is 24.4. The monoisotopic (exact) mass is 469 g/mol. The molecule has 0 aromatic carbocycles. The zero-order valence-corrected chi connectivity index (χ0v) is 22.8. The van der Waals surface area contributed by atoms with E-state index >= 15 is 0 Å². The Balaban J connectivity index is 0. The highest BCUT2D eigenvalue weighted by Gasteiger charge is 2.34. The van der Waals surface area contributed by atoms with Gasteiger partial charge in [0.25, 0.3) is 0 Å². The molecule has 0 heterocycles. The molecule has 4 nitrogen and oxygen atoms in total. The van der Waals surface area contributed by atoms with E-state index in [1.54, 1.807) is 24.6 Å². The molecule has 0 aromatic rings. The van der Waals surface area contributed by atoms with Gasteiger partial charge in [0.15, 0.2) is 0 Å². The van der Waals surface area contributed by atoms with Crippen LogP contribution >= 0.6 is 15.1 Å².